The number of nitrogens with one attached hydrogen (secondary N) is 1. The lowest BCUT2D eigenvalue weighted by Crippen LogP contribution is -2.08. The molecule has 0 fully saturated rings. The van der Waals surface area contributed by atoms with Gasteiger partial charge in [-0.25, -0.2) is 13.8 Å². The lowest BCUT2D eigenvalue weighted by atomic mass is 10.1. The van der Waals surface area contributed by atoms with E-state index in [1.807, 2.05) is 0 Å². The number of hydrogen-bond donors (Lipinski definition) is 1. The number of carbonyl (C=O) groups is 1. The summed E-state index contributed by atoms with van der Waals surface area (Å²) >= 11 is 0. The van der Waals surface area contributed by atoms with E-state index in [2.05, 4.69) is 9.97 Å². The fraction of sp³-hybridized carbons (Fsp3) is 0.0588. The Bertz CT molecular complexity index is 1080. The number of H-pyrrole nitrogens is 1. The number of hydrogen-bond acceptors (Lipinski definition) is 2. The first kappa shape index (κ1) is 13.6. The molecule has 0 aliphatic rings. The van der Waals surface area contributed by atoms with E-state index in [-0.39, 0.29) is 22.6 Å². The molecule has 6 heteroatoms. The third-order valence-electron chi connectivity index (χ3n) is 3.96. The fourth-order valence-electron chi connectivity index (χ4n) is 2.85. The molecule has 0 saturated carbocycles. The first-order chi connectivity index (χ1) is 11.1. The van der Waals surface area contributed by atoms with Crippen LogP contribution in [0.2, 0.25) is 0 Å². The Morgan fingerprint density at radius 2 is 1.87 bits per heavy atom. The molecule has 0 bridgehead atoms. The molecule has 4 nitrogen and oxygen atoms in total. The second kappa shape index (κ2) is 4.74. The average molecular weight is 311 g/mol. The number of carbonyl (C=O) groups excluding carboxylic acids is 1. The van der Waals surface area contributed by atoms with E-state index in [9.17, 15) is 13.6 Å². The van der Waals surface area contributed by atoms with Gasteiger partial charge in [0.15, 0.2) is 5.82 Å². The number of benzene rings is 2. The Labute approximate surface area is 129 Å². The van der Waals surface area contributed by atoms with Gasteiger partial charge in [0.2, 0.25) is 5.78 Å². The number of ketones is 1. The molecule has 23 heavy (non-hydrogen) atoms. The van der Waals surface area contributed by atoms with E-state index < -0.39 is 11.6 Å². The van der Waals surface area contributed by atoms with Gasteiger partial charge in [0.25, 0.3) is 0 Å². The Morgan fingerprint density at radius 1 is 1.13 bits per heavy atom. The zero-order chi connectivity index (χ0) is 16.1. The highest BCUT2D eigenvalue weighted by molar-refractivity contribution is 6.15. The molecule has 2 heterocycles. The molecule has 0 aliphatic carbocycles. The largest absolute Gasteiger partial charge is 0.358 e. The van der Waals surface area contributed by atoms with Gasteiger partial charge in [-0.15, -0.1) is 0 Å². The molecule has 0 unspecified atom stereocenters. The van der Waals surface area contributed by atoms with Crippen molar-refractivity contribution < 1.29 is 13.6 Å². The Balaban J connectivity index is 1.94. The summed E-state index contributed by atoms with van der Waals surface area (Å²) in [4.78, 5) is 19.8. The highest BCUT2D eigenvalue weighted by atomic mass is 19.1. The van der Waals surface area contributed by atoms with Gasteiger partial charge in [-0.05, 0) is 18.2 Å². The van der Waals surface area contributed by atoms with Gasteiger partial charge in [-0.3, -0.25) is 4.79 Å². The van der Waals surface area contributed by atoms with Crippen LogP contribution in [0.5, 0.6) is 0 Å². The quantitative estimate of drug-likeness (QED) is 0.575. The van der Waals surface area contributed by atoms with E-state index >= 15 is 0 Å². The highest BCUT2D eigenvalue weighted by Crippen LogP contribution is 2.25. The van der Waals surface area contributed by atoms with Crippen molar-refractivity contribution >= 4 is 27.7 Å². The molecule has 0 spiro atoms. The van der Waals surface area contributed by atoms with Crippen molar-refractivity contribution in [3.63, 3.8) is 0 Å². The van der Waals surface area contributed by atoms with Crippen LogP contribution in [0, 0.1) is 11.6 Å². The molecule has 1 N–H and O–H groups in total. The molecule has 0 atom stereocenters. The maximum absolute atomic E-state index is 13.9. The van der Waals surface area contributed by atoms with Gasteiger partial charge in [0.1, 0.15) is 17.2 Å². The van der Waals surface area contributed by atoms with Crippen LogP contribution in [0.1, 0.15) is 16.2 Å². The monoisotopic (exact) mass is 311 g/mol. The summed E-state index contributed by atoms with van der Waals surface area (Å²) in [6.07, 6.45) is 1.45. The van der Waals surface area contributed by atoms with E-state index in [1.54, 1.807) is 25.2 Å². The summed E-state index contributed by atoms with van der Waals surface area (Å²) in [7, 11) is 1.58. The molecule has 0 saturated heterocycles. The number of aromatic amines is 1. The summed E-state index contributed by atoms with van der Waals surface area (Å²) in [5.74, 6) is -1.16. The lowest BCUT2D eigenvalue weighted by Gasteiger charge is -2.01. The number of halogens is 2. The van der Waals surface area contributed by atoms with Crippen LogP contribution in [-0.4, -0.2) is 20.3 Å². The second-order valence-electron chi connectivity index (χ2n) is 5.30. The van der Waals surface area contributed by atoms with Crippen molar-refractivity contribution in [3.8, 4) is 0 Å². The molecule has 114 valence electrons. The standard InChI is InChI=1S/C17H11F2N3O/c1-22-15-12(19)6-3-7-13(15)21-17(22)16(23)10-8-20-14-9(10)4-2-5-11(14)18/h2-8,20H,1H3. The van der Waals surface area contributed by atoms with Gasteiger partial charge in [-0.1, -0.05) is 18.2 Å². The lowest BCUT2D eigenvalue weighted by molar-refractivity contribution is 0.102. The Morgan fingerprint density at radius 3 is 2.65 bits per heavy atom. The minimum Gasteiger partial charge on any atom is -0.358 e. The molecular formula is C17H11F2N3O. The van der Waals surface area contributed by atoms with Gasteiger partial charge in [0, 0.05) is 18.6 Å². The van der Waals surface area contributed by atoms with Crippen molar-refractivity contribution in [1.29, 1.82) is 0 Å². The van der Waals surface area contributed by atoms with Crippen molar-refractivity contribution in [2.75, 3.05) is 0 Å². The van der Waals surface area contributed by atoms with E-state index in [4.69, 9.17) is 0 Å². The zero-order valence-electron chi connectivity index (χ0n) is 12.1. The third-order valence-corrected chi connectivity index (χ3v) is 3.96. The van der Waals surface area contributed by atoms with E-state index in [1.165, 1.54) is 29.0 Å². The summed E-state index contributed by atoms with van der Waals surface area (Å²) in [5.41, 5.74) is 1.24. The Hall–Kier alpha value is -3.02. The van der Waals surface area contributed by atoms with Crippen LogP contribution in [-0.2, 0) is 7.05 Å². The molecule has 0 aliphatic heterocycles. The van der Waals surface area contributed by atoms with Gasteiger partial charge in [0.05, 0.1) is 16.6 Å². The number of aryl methyl sites for hydroxylation is 1. The normalized spacial score (nSPS) is 11.4. The van der Waals surface area contributed by atoms with Crippen molar-refractivity contribution in [1.82, 2.24) is 14.5 Å². The maximum atomic E-state index is 13.9. The number of para-hydroxylation sites is 2. The van der Waals surface area contributed by atoms with Crippen LogP contribution < -0.4 is 0 Å². The number of fused-ring (bicyclic) bond motifs is 2. The summed E-state index contributed by atoms with van der Waals surface area (Å²) in [6.45, 7) is 0. The number of aromatic nitrogens is 3. The topological polar surface area (TPSA) is 50.7 Å². The predicted octanol–water partition coefficient (Wildman–Crippen LogP) is 3.56. The first-order valence-electron chi connectivity index (χ1n) is 6.99. The fourth-order valence-corrected chi connectivity index (χ4v) is 2.85. The zero-order valence-corrected chi connectivity index (χ0v) is 12.1. The minimum atomic E-state index is -0.443. The van der Waals surface area contributed by atoms with Crippen LogP contribution in [0.3, 0.4) is 0 Å². The molecule has 2 aromatic carbocycles. The van der Waals surface area contributed by atoms with Gasteiger partial charge >= 0.3 is 0 Å². The average Bonchev–Trinajstić information content (AvgIpc) is 3.10. The van der Waals surface area contributed by atoms with Crippen molar-refractivity contribution in [2.24, 2.45) is 7.05 Å². The molecular weight excluding hydrogens is 300 g/mol. The summed E-state index contributed by atoms with van der Waals surface area (Å²) in [6, 6.07) is 9.02. The van der Waals surface area contributed by atoms with E-state index in [0.717, 1.165) is 0 Å². The van der Waals surface area contributed by atoms with Crippen LogP contribution in [0.15, 0.2) is 42.6 Å². The second-order valence-corrected chi connectivity index (χ2v) is 5.30. The van der Waals surface area contributed by atoms with E-state index in [0.29, 0.717) is 16.5 Å². The van der Waals surface area contributed by atoms with Crippen LogP contribution in [0.4, 0.5) is 8.78 Å². The summed E-state index contributed by atoms with van der Waals surface area (Å²) in [5, 5.41) is 0.475. The maximum Gasteiger partial charge on any atom is 0.230 e. The minimum absolute atomic E-state index is 0.107. The van der Waals surface area contributed by atoms with Crippen molar-refractivity contribution in [2.45, 2.75) is 0 Å². The van der Waals surface area contributed by atoms with Gasteiger partial charge < -0.3 is 9.55 Å². The van der Waals surface area contributed by atoms with Crippen LogP contribution in [0.25, 0.3) is 21.9 Å². The molecule has 4 rings (SSSR count). The number of imidazole rings is 1. The first-order valence-corrected chi connectivity index (χ1v) is 6.99. The van der Waals surface area contributed by atoms with Crippen LogP contribution >= 0.6 is 0 Å². The van der Waals surface area contributed by atoms with Crippen molar-refractivity contribution in [3.05, 3.63) is 65.6 Å². The third kappa shape index (κ3) is 1.88. The number of nitrogens with zero attached hydrogens (tertiary/aromatic N) is 2. The van der Waals surface area contributed by atoms with Gasteiger partial charge in [-0.2, -0.15) is 0 Å². The predicted molar refractivity (Wildman–Crippen MR) is 82.4 cm³/mol. The highest BCUT2D eigenvalue weighted by Gasteiger charge is 2.22. The SMILES string of the molecule is Cn1c(C(=O)c2c[nH]c3c(F)cccc23)nc2cccc(F)c21. The Kier molecular flexibility index (Phi) is 2.81. The molecule has 4 aromatic rings. The smallest absolute Gasteiger partial charge is 0.230 e. The molecule has 0 amide bonds. The summed E-state index contributed by atoms with van der Waals surface area (Å²) < 4.78 is 29.1. The molecule has 0 radical (unpaired) electrons. The number of rotatable bonds is 2. The molecule has 2 aromatic heterocycles.